The third kappa shape index (κ3) is 2.54. The molecule has 2 heterocycles. The molecule has 0 aliphatic carbocycles. The summed E-state index contributed by atoms with van der Waals surface area (Å²) < 4.78 is 1.96. The number of hydrogen-bond donors (Lipinski definition) is 1. The molecule has 1 aliphatic heterocycles. The average Bonchev–Trinajstić information content (AvgIpc) is 2.65. The Morgan fingerprint density at radius 3 is 3.20 bits per heavy atom. The highest BCUT2D eigenvalue weighted by molar-refractivity contribution is 4.86. The molecule has 1 atom stereocenters. The van der Waals surface area contributed by atoms with E-state index in [0.717, 1.165) is 38.5 Å². The van der Waals surface area contributed by atoms with Crippen LogP contribution in [0.15, 0.2) is 6.33 Å². The van der Waals surface area contributed by atoms with E-state index in [1.807, 2.05) is 4.68 Å². The van der Waals surface area contributed by atoms with E-state index in [9.17, 15) is 0 Å². The van der Waals surface area contributed by atoms with Crippen molar-refractivity contribution in [2.75, 3.05) is 19.6 Å². The summed E-state index contributed by atoms with van der Waals surface area (Å²) in [5.74, 6) is 1.08. The van der Waals surface area contributed by atoms with Crippen LogP contribution < -0.4 is 5.32 Å². The van der Waals surface area contributed by atoms with Crippen molar-refractivity contribution >= 4 is 0 Å². The average molecular weight is 209 g/mol. The van der Waals surface area contributed by atoms with Gasteiger partial charge in [-0.2, -0.15) is 5.10 Å². The molecule has 1 saturated heterocycles. The second kappa shape index (κ2) is 4.72. The fourth-order valence-corrected chi connectivity index (χ4v) is 2.03. The monoisotopic (exact) mass is 209 g/mol. The van der Waals surface area contributed by atoms with Crippen molar-refractivity contribution in [1.29, 1.82) is 0 Å². The quantitative estimate of drug-likeness (QED) is 0.766. The number of rotatable bonds is 3. The minimum atomic E-state index is 0.580. The molecule has 1 unspecified atom stereocenters. The van der Waals surface area contributed by atoms with Gasteiger partial charge in [0.1, 0.15) is 12.2 Å². The molecule has 1 aliphatic rings. The third-order valence-corrected chi connectivity index (χ3v) is 2.81. The molecule has 84 valence electrons. The van der Waals surface area contributed by atoms with Crippen molar-refractivity contribution < 1.29 is 0 Å². The van der Waals surface area contributed by atoms with Crippen LogP contribution in [0.4, 0.5) is 0 Å². The van der Waals surface area contributed by atoms with E-state index < -0.39 is 0 Å². The molecule has 0 saturated carbocycles. The second-order valence-corrected chi connectivity index (χ2v) is 4.08. The zero-order valence-electron chi connectivity index (χ0n) is 9.48. The predicted molar refractivity (Wildman–Crippen MR) is 58.4 cm³/mol. The molecule has 5 heteroatoms. The summed E-state index contributed by atoms with van der Waals surface area (Å²) in [5.41, 5.74) is 0. The highest BCUT2D eigenvalue weighted by atomic mass is 15.3. The summed E-state index contributed by atoms with van der Waals surface area (Å²) in [6.45, 7) is 9.39. The van der Waals surface area contributed by atoms with Crippen LogP contribution in [-0.4, -0.2) is 45.3 Å². The van der Waals surface area contributed by atoms with Gasteiger partial charge >= 0.3 is 0 Å². The van der Waals surface area contributed by atoms with Gasteiger partial charge in [0.2, 0.25) is 0 Å². The smallest absolute Gasteiger partial charge is 0.140 e. The molecule has 2 rings (SSSR count). The van der Waals surface area contributed by atoms with Crippen molar-refractivity contribution in [3.63, 3.8) is 0 Å². The van der Waals surface area contributed by atoms with Crippen molar-refractivity contribution in [3.05, 3.63) is 12.2 Å². The molecule has 5 nitrogen and oxygen atoms in total. The van der Waals surface area contributed by atoms with E-state index >= 15 is 0 Å². The Morgan fingerprint density at radius 2 is 2.47 bits per heavy atom. The van der Waals surface area contributed by atoms with Gasteiger partial charge in [0.05, 0.1) is 6.54 Å². The zero-order valence-corrected chi connectivity index (χ0v) is 9.48. The van der Waals surface area contributed by atoms with Crippen LogP contribution in [0.1, 0.15) is 19.7 Å². The number of nitrogens with zero attached hydrogens (tertiary/aromatic N) is 4. The maximum absolute atomic E-state index is 4.30. The van der Waals surface area contributed by atoms with Crippen LogP contribution in [0.5, 0.6) is 0 Å². The van der Waals surface area contributed by atoms with Gasteiger partial charge in [-0.1, -0.05) is 0 Å². The first-order chi connectivity index (χ1) is 7.29. The standard InChI is InChI=1S/C10H19N5/c1-3-15-10(12-8-13-15)7-14-5-4-11-9(2)6-14/h8-9,11H,3-7H2,1-2H3. The second-order valence-electron chi connectivity index (χ2n) is 4.08. The Morgan fingerprint density at radius 1 is 1.60 bits per heavy atom. The van der Waals surface area contributed by atoms with E-state index in [1.54, 1.807) is 6.33 Å². The largest absolute Gasteiger partial charge is 0.312 e. The summed E-state index contributed by atoms with van der Waals surface area (Å²) >= 11 is 0. The fraction of sp³-hybridized carbons (Fsp3) is 0.800. The van der Waals surface area contributed by atoms with Crippen LogP contribution in [-0.2, 0) is 13.1 Å². The summed E-state index contributed by atoms with van der Waals surface area (Å²) in [5, 5.41) is 7.62. The lowest BCUT2D eigenvalue weighted by atomic mass is 10.2. The first-order valence-electron chi connectivity index (χ1n) is 5.62. The Hall–Kier alpha value is -0.940. The Bertz CT molecular complexity index is 309. The number of aryl methyl sites for hydroxylation is 1. The van der Waals surface area contributed by atoms with Gasteiger partial charge in [0.25, 0.3) is 0 Å². The van der Waals surface area contributed by atoms with Gasteiger partial charge < -0.3 is 5.32 Å². The molecule has 0 spiro atoms. The van der Waals surface area contributed by atoms with Crippen molar-refractivity contribution in [2.24, 2.45) is 0 Å². The van der Waals surface area contributed by atoms with Gasteiger partial charge in [-0.3, -0.25) is 4.90 Å². The van der Waals surface area contributed by atoms with Gasteiger partial charge in [-0.25, -0.2) is 9.67 Å². The van der Waals surface area contributed by atoms with Crippen LogP contribution in [0, 0.1) is 0 Å². The van der Waals surface area contributed by atoms with Crippen LogP contribution >= 0.6 is 0 Å². The number of piperazine rings is 1. The Labute approximate surface area is 90.5 Å². The molecule has 15 heavy (non-hydrogen) atoms. The molecular weight excluding hydrogens is 190 g/mol. The maximum atomic E-state index is 4.30. The number of hydrogen-bond acceptors (Lipinski definition) is 4. The van der Waals surface area contributed by atoms with Gasteiger partial charge in [-0.05, 0) is 13.8 Å². The van der Waals surface area contributed by atoms with Crippen LogP contribution in [0.25, 0.3) is 0 Å². The van der Waals surface area contributed by atoms with E-state index in [-0.39, 0.29) is 0 Å². The molecule has 1 N–H and O–H groups in total. The fourth-order valence-electron chi connectivity index (χ4n) is 2.03. The maximum Gasteiger partial charge on any atom is 0.140 e. The molecule has 1 aromatic rings. The topological polar surface area (TPSA) is 46.0 Å². The highest BCUT2D eigenvalue weighted by Gasteiger charge is 2.17. The minimum Gasteiger partial charge on any atom is -0.312 e. The summed E-state index contributed by atoms with van der Waals surface area (Å²) in [4.78, 5) is 6.72. The predicted octanol–water partition coefficient (Wildman–Crippen LogP) is 0.0917. The van der Waals surface area contributed by atoms with E-state index in [4.69, 9.17) is 0 Å². The molecule has 0 amide bonds. The molecule has 0 bridgehead atoms. The normalized spacial score (nSPS) is 23.2. The molecule has 0 radical (unpaired) electrons. The third-order valence-electron chi connectivity index (χ3n) is 2.81. The van der Waals surface area contributed by atoms with E-state index in [0.29, 0.717) is 6.04 Å². The lowest BCUT2D eigenvalue weighted by molar-refractivity contribution is 0.192. The molecule has 0 aromatic carbocycles. The SMILES string of the molecule is CCn1ncnc1CN1CCNC(C)C1. The first-order valence-corrected chi connectivity index (χ1v) is 5.62. The molecule has 1 fully saturated rings. The van der Waals surface area contributed by atoms with Crippen molar-refractivity contribution in [2.45, 2.75) is 33.0 Å². The lowest BCUT2D eigenvalue weighted by Crippen LogP contribution is -2.48. The Balaban J connectivity index is 1.96. The van der Waals surface area contributed by atoms with Crippen molar-refractivity contribution in [3.8, 4) is 0 Å². The van der Waals surface area contributed by atoms with Gasteiger partial charge in [0, 0.05) is 32.2 Å². The Kier molecular flexibility index (Phi) is 3.33. The van der Waals surface area contributed by atoms with Crippen molar-refractivity contribution in [1.82, 2.24) is 25.0 Å². The summed E-state index contributed by atoms with van der Waals surface area (Å²) in [6, 6.07) is 0.580. The minimum absolute atomic E-state index is 0.580. The van der Waals surface area contributed by atoms with E-state index in [2.05, 4.69) is 34.1 Å². The lowest BCUT2D eigenvalue weighted by Gasteiger charge is -2.31. The number of aromatic nitrogens is 3. The van der Waals surface area contributed by atoms with Crippen LogP contribution in [0.2, 0.25) is 0 Å². The van der Waals surface area contributed by atoms with Crippen LogP contribution in [0.3, 0.4) is 0 Å². The summed E-state index contributed by atoms with van der Waals surface area (Å²) in [6.07, 6.45) is 1.64. The zero-order chi connectivity index (χ0) is 10.7. The summed E-state index contributed by atoms with van der Waals surface area (Å²) in [7, 11) is 0. The highest BCUT2D eigenvalue weighted by Crippen LogP contribution is 2.04. The van der Waals surface area contributed by atoms with Gasteiger partial charge in [0.15, 0.2) is 0 Å². The number of nitrogens with one attached hydrogen (secondary N) is 1. The molecular formula is C10H19N5. The first kappa shape index (κ1) is 10.6. The molecule has 1 aromatic heterocycles. The van der Waals surface area contributed by atoms with E-state index in [1.165, 1.54) is 0 Å². The van der Waals surface area contributed by atoms with Gasteiger partial charge in [-0.15, -0.1) is 0 Å².